The van der Waals surface area contributed by atoms with E-state index in [-0.39, 0.29) is 17.9 Å². The molecule has 0 amide bonds. The Labute approximate surface area is 224 Å². The first-order valence-electron chi connectivity index (χ1n) is 11.4. The van der Waals surface area contributed by atoms with Crippen molar-refractivity contribution >= 4 is 65.0 Å². The Morgan fingerprint density at radius 3 is 2.57 bits per heavy atom. The zero-order valence-corrected chi connectivity index (χ0v) is 23.0. The van der Waals surface area contributed by atoms with E-state index in [1.54, 1.807) is 17.4 Å². The molecule has 4 N–H and O–H groups in total. The highest BCUT2D eigenvalue weighted by Gasteiger charge is 2.27. The average Bonchev–Trinajstić information content (AvgIpc) is 3.36. The summed E-state index contributed by atoms with van der Waals surface area (Å²) < 4.78 is 61.9. The number of aromatic nitrogens is 1. The van der Waals surface area contributed by atoms with Gasteiger partial charge in [0.05, 0.1) is 28.6 Å². The van der Waals surface area contributed by atoms with Crippen LogP contribution in [0, 0.1) is 5.41 Å². The van der Waals surface area contributed by atoms with E-state index < -0.39 is 20.2 Å². The zero-order valence-electron chi connectivity index (χ0n) is 19.7. The number of allylic oxidation sites excluding steroid dienone is 1. The Bertz CT molecular complexity index is 1550. The van der Waals surface area contributed by atoms with Gasteiger partial charge in [-0.05, 0) is 30.7 Å². The molecule has 2 heterocycles. The number of thioether (sulfide) groups is 1. The SMILES string of the molecule is N=C(/C=C1\Sc2ccccc2N1CCCS(=O)(=O)ON)Cc1sc2ccccc2[n+]1CCCS(=O)(=O)O. The topological polar surface area (TPSA) is 155 Å². The number of rotatable bonds is 12. The van der Waals surface area contributed by atoms with Crippen LogP contribution in [-0.4, -0.2) is 45.2 Å². The van der Waals surface area contributed by atoms with Crippen molar-refractivity contribution in [3.8, 4) is 0 Å². The lowest BCUT2D eigenvalue weighted by atomic mass is 10.2. The van der Waals surface area contributed by atoms with E-state index in [1.807, 2.05) is 58.0 Å². The molecular weight excluding hydrogens is 557 g/mol. The molecule has 3 aromatic rings. The van der Waals surface area contributed by atoms with Crippen LogP contribution in [0.4, 0.5) is 5.69 Å². The molecule has 0 unspecified atom stereocenters. The highest BCUT2D eigenvalue weighted by atomic mass is 32.2. The van der Waals surface area contributed by atoms with E-state index in [2.05, 4.69) is 4.28 Å². The van der Waals surface area contributed by atoms with Crippen LogP contribution < -0.4 is 15.4 Å². The Kier molecular flexibility index (Phi) is 8.68. The normalized spacial score (nSPS) is 15.0. The second kappa shape index (κ2) is 11.6. The van der Waals surface area contributed by atoms with E-state index in [1.165, 1.54) is 11.8 Å². The van der Waals surface area contributed by atoms with Crippen molar-refractivity contribution in [1.29, 1.82) is 5.41 Å². The highest BCUT2D eigenvalue weighted by Crippen LogP contribution is 2.45. The van der Waals surface area contributed by atoms with Gasteiger partial charge in [0.1, 0.15) is 4.70 Å². The van der Waals surface area contributed by atoms with Crippen LogP contribution in [-0.2, 0) is 37.5 Å². The largest absolute Gasteiger partial charge is 0.335 e. The number of hydrogen-bond acceptors (Lipinski definition) is 10. The first kappa shape index (κ1) is 27.7. The molecule has 0 saturated carbocycles. The van der Waals surface area contributed by atoms with Crippen LogP contribution >= 0.6 is 23.1 Å². The molecule has 0 saturated heterocycles. The van der Waals surface area contributed by atoms with E-state index in [9.17, 15) is 16.8 Å². The molecule has 0 fully saturated rings. The van der Waals surface area contributed by atoms with Gasteiger partial charge in [0.15, 0.2) is 6.54 Å². The molecule has 1 aliphatic heterocycles. The molecular formula is C23H27N4O6S4+. The fraction of sp³-hybridized carbons (Fsp3) is 0.304. The quantitative estimate of drug-likeness (QED) is 0.126. The van der Waals surface area contributed by atoms with Crippen molar-refractivity contribution < 1.29 is 30.2 Å². The molecule has 1 aromatic heterocycles. The lowest BCUT2D eigenvalue weighted by molar-refractivity contribution is -0.673. The summed E-state index contributed by atoms with van der Waals surface area (Å²) >= 11 is 3.06. The van der Waals surface area contributed by atoms with Crippen molar-refractivity contribution in [2.75, 3.05) is 23.0 Å². The van der Waals surface area contributed by atoms with Gasteiger partial charge in [-0.2, -0.15) is 31.6 Å². The maximum Gasteiger partial charge on any atom is 0.283 e. The van der Waals surface area contributed by atoms with Crippen molar-refractivity contribution in [3.05, 3.63) is 64.6 Å². The van der Waals surface area contributed by atoms with Crippen LogP contribution in [0.2, 0.25) is 0 Å². The average molecular weight is 584 g/mol. The van der Waals surface area contributed by atoms with Crippen molar-refractivity contribution in [1.82, 2.24) is 0 Å². The number of aryl methyl sites for hydroxylation is 1. The number of benzene rings is 2. The zero-order chi connectivity index (χ0) is 26.6. The Morgan fingerprint density at radius 1 is 1.08 bits per heavy atom. The van der Waals surface area contributed by atoms with Gasteiger partial charge in [0.25, 0.3) is 20.2 Å². The predicted molar refractivity (Wildman–Crippen MR) is 146 cm³/mol. The number of thiazole rings is 1. The second-order valence-electron chi connectivity index (χ2n) is 8.37. The van der Waals surface area contributed by atoms with Gasteiger partial charge < -0.3 is 10.3 Å². The molecule has 14 heteroatoms. The van der Waals surface area contributed by atoms with Crippen molar-refractivity contribution in [3.63, 3.8) is 0 Å². The molecule has 10 nitrogen and oxygen atoms in total. The van der Waals surface area contributed by atoms with E-state index in [0.29, 0.717) is 31.6 Å². The van der Waals surface area contributed by atoms with E-state index in [4.69, 9.17) is 15.9 Å². The Hall–Kier alpha value is -2.33. The first-order chi connectivity index (χ1) is 17.6. The monoisotopic (exact) mass is 583 g/mol. The molecule has 2 aromatic carbocycles. The minimum absolute atomic E-state index is 0.219. The fourth-order valence-corrected chi connectivity index (χ4v) is 7.51. The summed E-state index contributed by atoms with van der Waals surface area (Å²) in [5.74, 6) is 4.29. The molecule has 0 aliphatic carbocycles. The minimum atomic E-state index is -4.06. The van der Waals surface area contributed by atoms with Crippen LogP contribution in [0.1, 0.15) is 17.8 Å². The number of para-hydroxylation sites is 2. The summed E-state index contributed by atoms with van der Waals surface area (Å²) in [5.41, 5.74) is 2.25. The molecule has 0 spiro atoms. The standard InChI is InChI=1S/C23H26N4O6S4/c24-17(15-22-26(11-5-13-36(28,29)30)18-7-1-3-9-20(18)34-22)16-23-27(12-6-14-37(31,32)33-25)19-8-2-4-10-21(19)35-23/h1-4,7-10,16,24H,5-6,11-15,25H2/p+1/b23-16-,24-17?. The fourth-order valence-electron chi connectivity index (χ4n) is 4.07. The first-order valence-corrected chi connectivity index (χ1v) is 16.2. The number of fused-ring (bicyclic) bond motifs is 2. The lowest BCUT2D eigenvalue weighted by Gasteiger charge is -2.20. The smallest absolute Gasteiger partial charge is 0.283 e. The molecule has 4 rings (SSSR count). The summed E-state index contributed by atoms with van der Waals surface area (Å²) in [4.78, 5) is 3.01. The number of nitrogens with zero attached hydrogens (tertiary/aromatic N) is 2. The van der Waals surface area contributed by atoms with E-state index >= 15 is 0 Å². The third-order valence-corrected chi connectivity index (χ3v) is 9.83. The molecule has 198 valence electrons. The summed E-state index contributed by atoms with van der Waals surface area (Å²) in [6.45, 7) is 0.803. The van der Waals surface area contributed by atoms with Gasteiger partial charge in [-0.3, -0.25) is 4.55 Å². The number of anilines is 1. The predicted octanol–water partition coefficient (Wildman–Crippen LogP) is 3.09. The summed E-state index contributed by atoms with van der Waals surface area (Å²) in [6.07, 6.45) is 2.66. The molecule has 37 heavy (non-hydrogen) atoms. The highest BCUT2D eigenvalue weighted by molar-refractivity contribution is 8.03. The van der Waals surface area contributed by atoms with Gasteiger partial charge in [-0.15, -0.1) is 0 Å². The number of hydrogen-bond donors (Lipinski definition) is 3. The summed E-state index contributed by atoms with van der Waals surface area (Å²) in [7, 11) is -7.83. The van der Waals surface area contributed by atoms with Crippen molar-refractivity contribution in [2.45, 2.75) is 30.7 Å². The maximum atomic E-state index is 11.6. The second-order valence-corrected chi connectivity index (χ2v) is 13.8. The minimum Gasteiger partial charge on any atom is -0.335 e. The summed E-state index contributed by atoms with van der Waals surface area (Å²) in [5, 5.41) is 10.5. The van der Waals surface area contributed by atoms with Gasteiger partial charge in [-0.1, -0.05) is 47.4 Å². The van der Waals surface area contributed by atoms with Crippen LogP contribution in [0.15, 0.2) is 64.5 Å². The molecule has 0 bridgehead atoms. The molecule has 0 radical (unpaired) electrons. The maximum absolute atomic E-state index is 11.6. The van der Waals surface area contributed by atoms with Crippen LogP contribution in [0.5, 0.6) is 0 Å². The van der Waals surface area contributed by atoms with Gasteiger partial charge in [0, 0.05) is 29.6 Å². The third-order valence-electron chi connectivity index (χ3n) is 5.67. The van der Waals surface area contributed by atoms with Gasteiger partial charge in [0.2, 0.25) is 10.5 Å². The lowest BCUT2D eigenvalue weighted by Crippen LogP contribution is -2.38. The summed E-state index contributed by atoms with van der Waals surface area (Å²) in [6, 6.07) is 15.5. The Balaban J connectivity index is 1.55. The number of nitrogens with one attached hydrogen (secondary N) is 1. The van der Waals surface area contributed by atoms with E-state index in [0.717, 1.165) is 30.8 Å². The van der Waals surface area contributed by atoms with Gasteiger partial charge >= 0.3 is 0 Å². The van der Waals surface area contributed by atoms with Gasteiger partial charge in [-0.25, -0.2) is 0 Å². The third kappa shape index (κ3) is 7.16. The van der Waals surface area contributed by atoms with Crippen LogP contribution in [0.3, 0.4) is 0 Å². The van der Waals surface area contributed by atoms with Crippen molar-refractivity contribution in [2.24, 2.45) is 5.90 Å². The number of nitrogens with two attached hydrogens (primary N) is 1. The van der Waals surface area contributed by atoms with Crippen LogP contribution in [0.25, 0.3) is 10.2 Å². The molecule has 1 aliphatic rings. The Morgan fingerprint density at radius 2 is 1.81 bits per heavy atom. The molecule has 0 atom stereocenters.